The van der Waals surface area contributed by atoms with Crippen molar-refractivity contribution in [1.82, 2.24) is 10.1 Å². The first-order valence-corrected chi connectivity index (χ1v) is 6.05. The SMILES string of the molecule is O=c1nc(CC2CCCS2(=O)=O)o[nH]1. The highest BCUT2D eigenvalue weighted by Gasteiger charge is 2.32. The van der Waals surface area contributed by atoms with Crippen molar-refractivity contribution in [2.75, 3.05) is 5.75 Å². The minimum atomic E-state index is -2.99. The van der Waals surface area contributed by atoms with Crippen LogP contribution in [0, 0.1) is 0 Å². The van der Waals surface area contributed by atoms with Gasteiger partial charge in [-0.25, -0.2) is 13.2 Å². The summed E-state index contributed by atoms with van der Waals surface area (Å²) in [7, 11) is -2.99. The average Bonchev–Trinajstić information content (AvgIpc) is 2.61. The first-order valence-electron chi connectivity index (χ1n) is 4.34. The highest BCUT2D eigenvalue weighted by Crippen LogP contribution is 2.22. The lowest BCUT2D eigenvalue weighted by atomic mass is 10.2. The van der Waals surface area contributed by atoms with Crippen LogP contribution in [0.5, 0.6) is 0 Å². The molecule has 2 rings (SSSR count). The number of aromatic nitrogens is 2. The molecule has 1 atom stereocenters. The first-order chi connectivity index (χ1) is 6.58. The van der Waals surface area contributed by atoms with Crippen molar-refractivity contribution in [2.24, 2.45) is 0 Å². The van der Waals surface area contributed by atoms with Crippen LogP contribution in [0.15, 0.2) is 9.32 Å². The van der Waals surface area contributed by atoms with E-state index in [4.69, 9.17) is 4.52 Å². The summed E-state index contributed by atoms with van der Waals surface area (Å²) < 4.78 is 27.5. The van der Waals surface area contributed by atoms with Crippen LogP contribution in [-0.2, 0) is 16.3 Å². The van der Waals surface area contributed by atoms with Gasteiger partial charge in [-0.2, -0.15) is 10.1 Å². The Morgan fingerprint density at radius 3 is 2.86 bits per heavy atom. The Labute approximate surface area is 80.2 Å². The molecule has 1 unspecified atom stereocenters. The van der Waals surface area contributed by atoms with E-state index in [1.807, 2.05) is 5.16 Å². The van der Waals surface area contributed by atoms with Crippen molar-refractivity contribution < 1.29 is 12.9 Å². The number of hydrogen-bond acceptors (Lipinski definition) is 5. The molecule has 78 valence electrons. The Kier molecular flexibility index (Phi) is 2.18. The zero-order valence-corrected chi connectivity index (χ0v) is 8.21. The van der Waals surface area contributed by atoms with E-state index in [0.29, 0.717) is 12.8 Å². The lowest BCUT2D eigenvalue weighted by Crippen LogP contribution is -2.19. The van der Waals surface area contributed by atoms with Crippen molar-refractivity contribution in [3.63, 3.8) is 0 Å². The second-order valence-electron chi connectivity index (χ2n) is 3.35. The molecule has 0 radical (unpaired) electrons. The molecular weight excluding hydrogens is 208 g/mol. The van der Waals surface area contributed by atoms with Gasteiger partial charge in [0.15, 0.2) is 9.84 Å². The normalized spacial score (nSPS) is 25.3. The van der Waals surface area contributed by atoms with Crippen LogP contribution in [0.25, 0.3) is 0 Å². The Balaban J connectivity index is 2.16. The zero-order chi connectivity index (χ0) is 10.2. The van der Waals surface area contributed by atoms with Gasteiger partial charge in [0, 0.05) is 6.42 Å². The Hall–Kier alpha value is -1.11. The third-order valence-corrected chi connectivity index (χ3v) is 4.62. The van der Waals surface area contributed by atoms with Crippen LogP contribution in [0.1, 0.15) is 18.7 Å². The third kappa shape index (κ3) is 1.72. The van der Waals surface area contributed by atoms with Crippen LogP contribution < -0.4 is 5.69 Å². The van der Waals surface area contributed by atoms with Gasteiger partial charge >= 0.3 is 5.69 Å². The van der Waals surface area contributed by atoms with E-state index in [1.54, 1.807) is 0 Å². The minimum Gasteiger partial charge on any atom is -0.362 e. The Morgan fingerprint density at radius 1 is 1.57 bits per heavy atom. The van der Waals surface area contributed by atoms with Gasteiger partial charge in [-0.3, -0.25) is 0 Å². The topological polar surface area (TPSA) is 93.0 Å². The van der Waals surface area contributed by atoms with Crippen molar-refractivity contribution in [3.8, 4) is 0 Å². The molecule has 1 N–H and O–H groups in total. The van der Waals surface area contributed by atoms with Gasteiger partial charge in [0.1, 0.15) is 0 Å². The van der Waals surface area contributed by atoms with E-state index in [0.717, 1.165) is 0 Å². The van der Waals surface area contributed by atoms with Crippen LogP contribution in [0.3, 0.4) is 0 Å². The molecular formula is C7H10N2O4S. The standard InChI is InChI=1S/C7H10N2O4S/c10-7-8-6(13-9-7)4-5-2-1-3-14(5,11)12/h5H,1-4H2,(H,9,10). The second kappa shape index (κ2) is 3.23. The van der Waals surface area contributed by atoms with E-state index >= 15 is 0 Å². The lowest BCUT2D eigenvalue weighted by molar-refractivity contribution is 0.371. The quantitative estimate of drug-likeness (QED) is 0.721. The van der Waals surface area contributed by atoms with Crippen LogP contribution in [0.4, 0.5) is 0 Å². The molecule has 0 saturated carbocycles. The predicted octanol–water partition coefficient (Wildman–Crippen LogP) is -0.517. The van der Waals surface area contributed by atoms with Gasteiger partial charge in [-0.15, -0.1) is 0 Å². The minimum absolute atomic E-state index is 0.172. The molecule has 1 fully saturated rings. The third-order valence-electron chi connectivity index (χ3n) is 2.35. The fraction of sp³-hybridized carbons (Fsp3) is 0.714. The highest BCUT2D eigenvalue weighted by molar-refractivity contribution is 7.92. The zero-order valence-electron chi connectivity index (χ0n) is 7.39. The summed E-state index contributed by atoms with van der Waals surface area (Å²) in [5.74, 6) is 0.400. The molecule has 1 aliphatic rings. The Morgan fingerprint density at radius 2 is 2.36 bits per heavy atom. The van der Waals surface area contributed by atoms with Gasteiger partial charge in [0.05, 0.1) is 11.0 Å². The summed E-state index contributed by atoms with van der Waals surface area (Å²) >= 11 is 0. The van der Waals surface area contributed by atoms with Crippen molar-refractivity contribution in [3.05, 3.63) is 16.4 Å². The number of H-pyrrole nitrogens is 1. The summed E-state index contributed by atoms with van der Waals surface area (Å²) in [5, 5.41) is 1.60. The fourth-order valence-electron chi connectivity index (χ4n) is 1.63. The predicted molar refractivity (Wildman–Crippen MR) is 47.6 cm³/mol. The van der Waals surface area contributed by atoms with Crippen molar-refractivity contribution in [2.45, 2.75) is 24.5 Å². The van der Waals surface area contributed by atoms with Gasteiger partial charge in [-0.1, -0.05) is 0 Å². The van der Waals surface area contributed by atoms with E-state index in [1.165, 1.54) is 0 Å². The molecule has 14 heavy (non-hydrogen) atoms. The first kappa shape index (κ1) is 9.45. The summed E-state index contributed by atoms with van der Waals surface area (Å²) in [6.07, 6.45) is 1.50. The van der Waals surface area contributed by atoms with Crippen molar-refractivity contribution in [1.29, 1.82) is 0 Å². The molecule has 0 aromatic carbocycles. The summed E-state index contributed by atoms with van der Waals surface area (Å²) in [6, 6.07) is 0. The maximum Gasteiger partial charge on any atom is 0.377 e. The van der Waals surface area contributed by atoms with Gasteiger partial charge < -0.3 is 4.52 Å². The number of aromatic amines is 1. The lowest BCUT2D eigenvalue weighted by Gasteiger charge is -2.04. The number of nitrogens with zero attached hydrogens (tertiary/aromatic N) is 1. The van der Waals surface area contributed by atoms with Crippen LogP contribution in [-0.4, -0.2) is 29.6 Å². The van der Waals surface area contributed by atoms with Crippen molar-refractivity contribution >= 4 is 9.84 Å². The van der Waals surface area contributed by atoms with Gasteiger partial charge in [0.2, 0.25) is 5.89 Å². The van der Waals surface area contributed by atoms with Gasteiger partial charge in [0.25, 0.3) is 0 Å². The van der Waals surface area contributed by atoms with E-state index in [2.05, 4.69) is 4.98 Å². The highest BCUT2D eigenvalue weighted by atomic mass is 32.2. The average molecular weight is 218 g/mol. The molecule has 1 aromatic heterocycles. The molecule has 1 aliphatic heterocycles. The largest absolute Gasteiger partial charge is 0.377 e. The Bertz CT molecular complexity index is 472. The maximum absolute atomic E-state index is 11.4. The fourth-order valence-corrected chi connectivity index (χ4v) is 3.46. The molecule has 0 bridgehead atoms. The second-order valence-corrected chi connectivity index (χ2v) is 5.75. The summed E-state index contributed by atoms with van der Waals surface area (Å²) in [5.41, 5.74) is -0.574. The van der Waals surface area contributed by atoms with Crippen LogP contribution in [0.2, 0.25) is 0 Å². The van der Waals surface area contributed by atoms with Gasteiger partial charge in [-0.05, 0) is 12.8 Å². The number of rotatable bonds is 2. The molecule has 0 aliphatic carbocycles. The number of hydrogen-bond donors (Lipinski definition) is 1. The number of sulfone groups is 1. The molecule has 1 saturated heterocycles. The molecule has 1 aromatic rings. The van der Waals surface area contributed by atoms with E-state index < -0.39 is 20.8 Å². The molecule has 0 amide bonds. The smallest absolute Gasteiger partial charge is 0.362 e. The molecule has 6 nitrogen and oxygen atoms in total. The van der Waals surface area contributed by atoms with E-state index in [-0.39, 0.29) is 18.1 Å². The summed E-state index contributed by atoms with van der Waals surface area (Å²) in [6.45, 7) is 0. The molecule has 2 heterocycles. The number of nitrogens with one attached hydrogen (secondary N) is 1. The molecule has 0 spiro atoms. The van der Waals surface area contributed by atoms with E-state index in [9.17, 15) is 13.2 Å². The van der Waals surface area contributed by atoms with Crippen LogP contribution >= 0.6 is 0 Å². The summed E-state index contributed by atoms with van der Waals surface area (Å²) in [4.78, 5) is 14.1. The molecule has 7 heteroatoms. The maximum atomic E-state index is 11.4. The monoisotopic (exact) mass is 218 g/mol.